The van der Waals surface area contributed by atoms with Crippen LogP contribution in [0.3, 0.4) is 0 Å². The number of benzene rings is 2. The summed E-state index contributed by atoms with van der Waals surface area (Å²) in [6, 6.07) is 10.9. The Labute approximate surface area is 155 Å². The molecule has 0 spiro atoms. The number of imide groups is 2. The first kappa shape index (κ1) is 17.5. The van der Waals surface area contributed by atoms with Gasteiger partial charge in [0.15, 0.2) is 0 Å². The maximum atomic E-state index is 12.7. The van der Waals surface area contributed by atoms with Crippen LogP contribution in [0.1, 0.15) is 5.56 Å². The minimum absolute atomic E-state index is 0.118. The molecule has 1 aliphatic rings. The van der Waals surface area contributed by atoms with Gasteiger partial charge in [0, 0.05) is 16.6 Å². The van der Waals surface area contributed by atoms with Gasteiger partial charge in [0.25, 0.3) is 17.5 Å². The predicted octanol–water partition coefficient (Wildman–Crippen LogP) is 3.02. The molecule has 0 aliphatic carbocycles. The molecular formula is C17H10BrN3O5. The molecule has 0 radical (unpaired) electrons. The Morgan fingerprint density at radius 2 is 1.62 bits per heavy atom. The van der Waals surface area contributed by atoms with Crippen LogP contribution in [0.25, 0.3) is 6.08 Å². The first-order chi connectivity index (χ1) is 12.4. The molecular weight excluding hydrogens is 406 g/mol. The summed E-state index contributed by atoms with van der Waals surface area (Å²) in [6.45, 7) is 0. The second-order valence-corrected chi connectivity index (χ2v) is 6.20. The zero-order chi connectivity index (χ0) is 18.8. The molecule has 8 nitrogen and oxygen atoms in total. The van der Waals surface area contributed by atoms with Gasteiger partial charge in [0.1, 0.15) is 5.57 Å². The second-order valence-electron chi connectivity index (χ2n) is 5.28. The van der Waals surface area contributed by atoms with Crippen molar-refractivity contribution in [2.75, 3.05) is 4.90 Å². The highest BCUT2D eigenvalue weighted by molar-refractivity contribution is 9.10. The number of hydrogen-bond donors (Lipinski definition) is 1. The van der Waals surface area contributed by atoms with Gasteiger partial charge < -0.3 is 0 Å². The SMILES string of the molecule is O=C1NC(=O)N(c2ccc([N+](=O)[O-])cc2)C(=O)/C1=C/c1ccc(Br)cc1. The van der Waals surface area contributed by atoms with E-state index >= 15 is 0 Å². The fourth-order valence-corrected chi connectivity index (χ4v) is 2.61. The van der Waals surface area contributed by atoms with Crippen molar-refractivity contribution in [1.82, 2.24) is 5.32 Å². The van der Waals surface area contributed by atoms with E-state index in [4.69, 9.17) is 0 Å². The number of anilines is 1. The lowest BCUT2D eigenvalue weighted by Crippen LogP contribution is -2.54. The molecule has 130 valence electrons. The number of carbonyl (C=O) groups excluding carboxylic acids is 3. The molecule has 1 N–H and O–H groups in total. The van der Waals surface area contributed by atoms with Crippen LogP contribution in [0.5, 0.6) is 0 Å². The largest absolute Gasteiger partial charge is 0.335 e. The maximum Gasteiger partial charge on any atom is 0.335 e. The average molecular weight is 416 g/mol. The van der Waals surface area contributed by atoms with Crippen molar-refractivity contribution in [1.29, 1.82) is 0 Å². The van der Waals surface area contributed by atoms with Crippen molar-refractivity contribution in [3.8, 4) is 0 Å². The minimum atomic E-state index is -0.915. The Morgan fingerprint density at radius 3 is 2.19 bits per heavy atom. The predicted molar refractivity (Wildman–Crippen MR) is 96.2 cm³/mol. The van der Waals surface area contributed by atoms with Crippen LogP contribution in [0.15, 0.2) is 58.6 Å². The summed E-state index contributed by atoms with van der Waals surface area (Å²) in [7, 11) is 0. The smallest absolute Gasteiger partial charge is 0.273 e. The summed E-state index contributed by atoms with van der Waals surface area (Å²) in [4.78, 5) is 47.7. The number of nitro benzene ring substituents is 1. The minimum Gasteiger partial charge on any atom is -0.273 e. The summed E-state index contributed by atoms with van der Waals surface area (Å²) in [6.07, 6.45) is 1.37. The van der Waals surface area contributed by atoms with Gasteiger partial charge in [0.2, 0.25) is 0 Å². The molecule has 1 fully saturated rings. The molecule has 0 aromatic heterocycles. The Morgan fingerprint density at radius 1 is 1.00 bits per heavy atom. The lowest BCUT2D eigenvalue weighted by atomic mass is 10.1. The Bertz CT molecular complexity index is 951. The quantitative estimate of drug-likeness (QED) is 0.358. The van der Waals surface area contributed by atoms with E-state index in [1.165, 1.54) is 30.3 Å². The van der Waals surface area contributed by atoms with Crippen LogP contribution in [-0.4, -0.2) is 22.8 Å². The van der Waals surface area contributed by atoms with Crippen LogP contribution in [-0.2, 0) is 9.59 Å². The third-order valence-electron chi connectivity index (χ3n) is 3.60. The molecule has 0 bridgehead atoms. The van der Waals surface area contributed by atoms with Gasteiger partial charge in [-0.2, -0.15) is 0 Å². The van der Waals surface area contributed by atoms with E-state index in [1.807, 2.05) is 0 Å². The molecule has 1 saturated heterocycles. The molecule has 1 aliphatic heterocycles. The second kappa shape index (κ2) is 6.89. The monoisotopic (exact) mass is 415 g/mol. The number of hydrogen-bond acceptors (Lipinski definition) is 5. The van der Waals surface area contributed by atoms with Gasteiger partial charge in [-0.15, -0.1) is 0 Å². The summed E-state index contributed by atoms with van der Waals surface area (Å²) in [5, 5.41) is 12.8. The number of rotatable bonds is 3. The van der Waals surface area contributed by atoms with Crippen molar-refractivity contribution in [3.63, 3.8) is 0 Å². The van der Waals surface area contributed by atoms with Crippen LogP contribution in [0.4, 0.5) is 16.2 Å². The zero-order valence-electron chi connectivity index (χ0n) is 13.0. The number of nitrogens with zero attached hydrogens (tertiary/aromatic N) is 2. The van der Waals surface area contributed by atoms with E-state index in [2.05, 4.69) is 21.2 Å². The van der Waals surface area contributed by atoms with Gasteiger partial charge in [-0.05, 0) is 35.9 Å². The highest BCUT2D eigenvalue weighted by Crippen LogP contribution is 2.24. The van der Waals surface area contributed by atoms with E-state index in [-0.39, 0.29) is 16.9 Å². The van der Waals surface area contributed by atoms with Crippen molar-refractivity contribution in [3.05, 3.63) is 74.3 Å². The first-order valence-corrected chi connectivity index (χ1v) is 8.07. The molecule has 2 aromatic rings. The van der Waals surface area contributed by atoms with Crippen LogP contribution >= 0.6 is 15.9 Å². The topological polar surface area (TPSA) is 110 Å². The Hall–Kier alpha value is -3.33. The van der Waals surface area contributed by atoms with Gasteiger partial charge in [-0.3, -0.25) is 25.0 Å². The van der Waals surface area contributed by atoms with E-state index in [1.54, 1.807) is 24.3 Å². The normalized spacial score (nSPS) is 16.0. The molecule has 0 saturated carbocycles. The number of barbiturate groups is 1. The lowest BCUT2D eigenvalue weighted by molar-refractivity contribution is -0.384. The van der Waals surface area contributed by atoms with Crippen LogP contribution in [0.2, 0.25) is 0 Å². The number of amides is 4. The van der Waals surface area contributed by atoms with Crippen LogP contribution < -0.4 is 10.2 Å². The fraction of sp³-hybridized carbons (Fsp3) is 0. The number of non-ortho nitro benzene ring substituents is 1. The number of halogens is 1. The third-order valence-corrected chi connectivity index (χ3v) is 4.13. The van der Waals surface area contributed by atoms with Gasteiger partial charge in [-0.25, -0.2) is 9.69 Å². The number of carbonyl (C=O) groups is 3. The lowest BCUT2D eigenvalue weighted by Gasteiger charge is -2.26. The molecule has 4 amide bonds. The zero-order valence-corrected chi connectivity index (χ0v) is 14.6. The number of nitrogens with one attached hydrogen (secondary N) is 1. The highest BCUT2D eigenvalue weighted by Gasteiger charge is 2.36. The summed E-state index contributed by atoms with van der Waals surface area (Å²) in [5.74, 6) is -1.61. The van der Waals surface area contributed by atoms with Crippen molar-refractivity contribution in [2.45, 2.75) is 0 Å². The molecule has 1 heterocycles. The molecule has 26 heavy (non-hydrogen) atoms. The van der Waals surface area contributed by atoms with Crippen molar-refractivity contribution >= 4 is 51.2 Å². The number of nitro groups is 1. The van der Waals surface area contributed by atoms with E-state index in [9.17, 15) is 24.5 Å². The maximum absolute atomic E-state index is 12.7. The van der Waals surface area contributed by atoms with Gasteiger partial charge in [0.05, 0.1) is 10.6 Å². The molecule has 9 heteroatoms. The third kappa shape index (κ3) is 3.38. The Kier molecular flexibility index (Phi) is 4.63. The van der Waals surface area contributed by atoms with E-state index in [0.717, 1.165) is 9.37 Å². The fourth-order valence-electron chi connectivity index (χ4n) is 2.34. The van der Waals surface area contributed by atoms with E-state index in [0.29, 0.717) is 5.56 Å². The molecule has 2 aromatic carbocycles. The number of urea groups is 1. The average Bonchev–Trinajstić information content (AvgIpc) is 2.60. The summed E-state index contributed by atoms with van der Waals surface area (Å²) in [5.41, 5.74) is 0.322. The molecule has 3 rings (SSSR count). The van der Waals surface area contributed by atoms with Gasteiger partial charge in [-0.1, -0.05) is 28.1 Å². The molecule has 0 atom stereocenters. The van der Waals surface area contributed by atoms with Crippen molar-refractivity contribution < 1.29 is 19.3 Å². The summed E-state index contributed by atoms with van der Waals surface area (Å²) >= 11 is 3.29. The van der Waals surface area contributed by atoms with E-state index < -0.39 is 22.8 Å². The van der Waals surface area contributed by atoms with Gasteiger partial charge >= 0.3 is 6.03 Å². The van der Waals surface area contributed by atoms with Crippen LogP contribution in [0, 0.1) is 10.1 Å². The standard InChI is InChI=1S/C17H10BrN3O5/c18-11-3-1-10(2-4-11)9-14-15(22)19-17(24)20(16(14)23)12-5-7-13(8-6-12)21(25)26/h1-9H,(H,19,22,24)/b14-9+. The Balaban J connectivity index is 1.97. The first-order valence-electron chi connectivity index (χ1n) is 7.28. The summed E-state index contributed by atoms with van der Waals surface area (Å²) < 4.78 is 0.835. The van der Waals surface area contributed by atoms with Crippen molar-refractivity contribution in [2.24, 2.45) is 0 Å². The molecule has 0 unspecified atom stereocenters. The highest BCUT2D eigenvalue weighted by atomic mass is 79.9.